The van der Waals surface area contributed by atoms with E-state index in [4.69, 9.17) is 4.52 Å². The fourth-order valence-corrected chi connectivity index (χ4v) is 1.37. The van der Waals surface area contributed by atoms with Gasteiger partial charge < -0.3 is 9.84 Å². The molecule has 6 nitrogen and oxygen atoms in total. The highest BCUT2D eigenvalue weighted by molar-refractivity contribution is 5.46. The molecule has 1 N–H and O–H groups in total. The SMILES string of the molecule is c1cc(-c2noc(CNC3CC3)n2)ncn1. The lowest BCUT2D eigenvalue weighted by molar-refractivity contribution is 0.367. The van der Waals surface area contributed by atoms with Crippen LogP contribution in [0.3, 0.4) is 0 Å². The molecule has 0 amide bonds. The molecule has 82 valence electrons. The van der Waals surface area contributed by atoms with Gasteiger partial charge in [-0.15, -0.1) is 0 Å². The van der Waals surface area contributed by atoms with E-state index in [1.165, 1.54) is 19.2 Å². The van der Waals surface area contributed by atoms with Gasteiger partial charge in [-0.2, -0.15) is 4.98 Å². The van der Waals surface area contributed by atoms with Crippen molar-refractivity contribution in [1.82, 2.24) is 25.4 Å². The third kappa shape index (κ3) is 2.06. The standard InChI is InChI=1S/C10H11N5O/c1-2-7(1)12-5-9-14-10(15-16-9)8-3-4-11-6-13-8/h3-4,6-7,12H,1-2,5H2. The minimum absolute atomic E-state index is 0.509. The van der Waals surface area contributed by atoms with E-state index in [1.807, 2.05) is 0 Å². The summed E-state index contributed by atoms with van der Waals surface area (Å²) in [5.74, 6) is 1.11. The maximum Gasteiger partial charge on any atom is 0.240 e. The van der Waals surface area contributed by atoms with E-state index in [1.54, 1.807) is 12.3 Å². The van der Waals surface area contributed by atoms with Crippen molar-refractivity contribution in [2.24, 2.45) is 0 Å². The normalized spacial score (nSPS) is 15.2. The average molecular weight is 217 g/mol. The van der Waals surface area contributed by atoms with E-state index in [0.29, 0.717) is 30.0 Å². The third-order valence-corrected chi connectivity index (χ3v) is 2.40. The topological polar surface area (TPSA) is 76.7 Å². The van der Waals surface area contributed by atoms with Crippen molar-refractivity contribution in [3.63, 3.8) is 0 Å². The summed E-state index contributed by atoms with van der Waals surface area (Å²) in [7, 11) is 0. The van der Waals surface area contributed by atoms with Crippen LogP contribution in [0.2, 0.25) is 0 Å². The van der Waals surface area contributed by atoms with Gasteiger partial charge in [-0.25, -0.2) is 9.97 Å². The summed E-state index contributed by atoms with van der Waals surface area (Å²) < 4.78 is 5.11. The quantitative estimate of drug-likeness (QED) is 0.815. The zero-order valence-electron chi connectivity index (χ0n) is 8.63. The molecule has 0 saturated heterocycles. The summed E-state index contributed by atoms with van der Waals surface area (Å²) in [4.78, 5) is 12.1. The van der Waals surface area contributed by atoms with Gasteiger partial charge in [0.1, 0.15) is 12.0 Å². The molecular formula is C10H11N5O. The fourth-order valence-electron chi connectivity index (χ4n) is 1.37. The molecule has 0 radical (unpaired) electrons. The Balaban J connectivity index is 1.71. The van der Waals surface area contributed by atoms with E-state index in [2.05, 4.69) is 25.4 Å². The molecule has 2 aromatic rings. The molecule has 2 aromatic heterocycles. The largest absolute Gasteiger partial charge is 0.337 e. The zero-order chi connectivity index (χ0) is 10.8. The van der Waals surface area contributed by atoms with Crippen LogP contribution in [-0.2, 0) is 6.54 Å². The highest BCUT2D eigenvalue weighted by atomic mass is 16.5. The second-order valence-electron chi connectivity index (χ2n) is 3.76. The van der Waals surface area contributed by atoms with E-state index in [-0.39, 0.29) is 0 Å². The Bertz CT molecular complexity index is 465. The summed E-state index contributed by atoms with van der Waals surface area (Å²) in [5.41, 5.74) is 0.677. The van der Waals surface area contributed by atoms with Crippen LogP contribution in [0, 0.1) is 0 Å². The molecule has 0 spiro atoms. The van der Waals surface area contributed by atoms with Crippen LogP contribution in [0.15, 0.2) is 23.1 Å². The van der Waals surface area contributed by atoms with Gasteiger partial charge in [-0.1, -0.05) is 5.16 Å². The number of rotatable bonds is 4. The molecule has 0 aromatic carbocycles. The number of nitrogens with zero attached hydrogens (tertiary/aromatic N) is 4. The third-order valence-electron chi connectivity index (χ3n) is 2.40. The summed E-state index contributed by atoms with van der Waals surface area (Å²) >= 11 is 0. The maximum atomic E-state index is 5.11. The zero-order valence-corrected chi connectivity index (χ0v) is 8.63. The molecule has 3 rings (SSSR count). The van der Waals surface area contributed by atoms with Crippen molar-refractivity contribution in [2.45, 2.75) is 25.4 Å². The van der Waals surface area contributed by atoms with E-state index >= 15 is 0 Å². The molecule has 1 aliphatic carbocycles. The van der Waals surface area contributed by atoms with Gasteiger partial charge in [-0.05, 0) is 18.9 Å². The Hall–Kier alpha value is -1.82. The van der Waals surface area contributed by atoms with Gasteiger partial charge in [0.15, 0.2) is 0 Å². The minimum Gasteiger partial charge on any atom is -0.337 e. The van der Waals surface area contributed by atoms with Gasteiger partial charge in [0.05, 0.1) is 6.54 Å². The number of nitrogens with one attached hydrogen (secondary N) is 1. The van der Waals surface area contributed by atoms with Crippen molar-refractivity contribution >= 4 is 0 Å². The average Bonchev–Trinajstić information content (AvgIpc) is 3.05. The monoisotopic (exact) mass is 217 g/mol. The number of aromatic nitrogens is 4. The molecule has 1 fully saturated rings. The van der Waals surface area contributed by atoms with Gasteiger partial charge >= 0.3 is 0 Å². The second-order valence-corrected chi connectivity index (χ2v) is 3.76. The lowest BCUT2D eigenvalue weighted by atomic mass is 10.4. The van der Waals surface area contributed by atoms with Crippen molar-refractivity contribution in [2.75, 3.05) is 0 Å². The maximum absolute atomic E-state index is 5.11. The Labute approximate surface area is 92.1 Å². The molecule has 1 aliphatic rings. The Morgan fingerprint density at radius 3 is 3.12 bits per heavy atom. The molecule has 6 heteroatoms. The van der Waals surface area contributed by atoms with E-state index < -0.39 is 0 Å². The first kappa shape index (κ1) is 9.41. The Morgan fingerprint density at radius 1 is 1.44 bits per heavy atom. The molecule has 0 aliphatic heterocycles. The van der Waals surface area contributed by atoms with Gasteiger partial charge in [-0.3, -0.25) is 0 Å². The summed E-state index contributed by atoms with van der Waals surface area (Å²) in [5, 5.41) is 7.18. The van der Waals surface area contributed by atoms with Crippen LogP contribution >= 0.6 is 0 Å². The van der Waals surface area contributed by atoms with Crippen molar-refractivity contribution in [3.8, 4) is 11.5 Å². The van der Waals surface area contributed by atoms with E-state index in [0.717, 1.165) is 0 Å². The van der Waals surface area contributed by atoms with Crippen LogP contribution in [-0.4, -0.2) is 26.2 Å². The fraction of sp³-hybridized carbons (Fsp3) is 0.400. The first-order valence-electron chi connectivity index (χ1n) is 5.24. The second kappa shape index (κ2) is 3.97. The van der Waals surface area contributed by atoms with Gasteiger partial charge in [0.25, 0.3) is 0 Å². The lowest BCUT2D eigenvalue weighted by Crippen LogP contribution is -2.15. The van der Waals surface area contributed by atoms with Crippen LogP contribution in [0.1, 0.15) is 18.7 Å². The van der Waals surface area contributed by atoms with Gasteiger partial charge in [0.2, 0.25) is 11.7 Å². The predicted octanol–water partition coefficient (Wildman–Crippen LogP) is 0.779. The summed E-state index contributed by atoms with van der Waals surface area (Å²) in [6, 6.07) is 2.39. The molecular weight excluding hydrogens is 206 g/mol. The predicted molar refractivity (Wildman–Crippen MR) is 55.2 cm³/mol. The number of hydrogen-bond donors (Lipinski definition) is 1. The minimum atomic E-state index is 0.509. The van der Waals surface area contributed by atoms with Crippen LogP contribution < -0.4 is 5.32 Å². The number of hydrogen-bond acceptors (Lipinski definition) is 6. The first-order valence-corrected chi connectivity index (χ1v) is 5.24. The van der Waals surface area contributed by atoms with E-state index in [9.17, 15) is 0 Å². The smallest absolute Gasteiger partial charge is 0.240 e. The highest BCUT2D eigenvalue weighted by Crippen LogP contribution is 2.19. The van der Waals surface area contributed by atoms with Gasteiger partial charge in [0, 0.05) is 12.2 Å². The lowest BCUT2D eigenvalue weighted by Gasteiger charge is -1.94. The summed E-state index contributed by atoms with van der Waals surface area (Å²) in [6.07, 6.45) is 5.61. The Kier molecular flexibility index (Phi) is 2.34. The van der Waals surface area contributed by atoms with Crippen LogP contribution in [0.25, 0.3) is 11.5 Å². The van der Waals surface area contributed by atoms with Crippen LogP contribution in [0.4, 0.5) is 0 Å². The van der Waals surface area contributed by atoms with Crippen molar-refractivity contribution in [3.05, 3.63) is 24.5 Å². The first-order chi connectivity index (χ1) is 7.92. The highest BCUT2D eigenvalue weighted by Gasteiger charge is 2.21. The van der Waals surface area contributed by atoms with Crippen molar-refractivity contribution < 1.29 is 4.52 Å². The molecule has 0 unspecified atom stereocenters. The molecule has 0 bridgehead atoms. The molecule has 2 heterocycles. The van der Waals surface area contributed by atoms with Crippen molar-refractivity contribution in [1.29, 1.82) is 0 Å². The molecule has 1 saturated carbocycles. The Morgan fingerprint density at radius 2 is 2.38 bits per heavy atom. The molecule has 0 atom stereocenters. The molecule has 16 heavy (non-hydrogen) atoms. The van der Waals surface area contributed by atoms with Crippen LogP contribution in [0.5, 0.6) is 0 Å². The summed E-state index contributed by atoms with van der Waals surface area (Å²) in [6.45, 7) is 0.628.